The normalized spacial score (nSPS) is 18.3. The van der Waals surface area contributed by atoms with E-state index in [1.165, 1.54) is 0 Å². The van der Waals surface area contributed by atoms with Crippen LogP contribution in [0.2, 0.25) is 0 Å². The van der Waals surface area contributed by atoms with Gasteiger partial charge in [0, 0.05) is 31.1 Å². The zero-order valence-corrected chi connectivity index (χ0v) is 13.6. The molecule has 3 N–H and O–H groups in total. The standard InChI is InChI=1S/C17H26N2O3/c1-4-5-16(20)19-15-6-7-22-17-12(14(18)10-21-3)8-11(2)9-13(15)17/h8-9,14-15H,4-7,10,18H2,1-3H3,(H,19,20). The molecule has 0 aromatic heterocycles. The average Bonchev–Trinajstić information content (AvgIpc) is 2.47. The Hall–Kier alpha value is -1.59. The molecular formula is C17H26N2O3. The van der Waals surface area contributed by atoms with Gasteiger partial charge in [-0.25, -0.2) is 0 Å². The highest BCUT2D eigenvalue weighted by Gasteiger charge is 2.27. The summed E-state index contributed by atoms with van der Waals surface area (Å²) in [6.45, 7) is 5.05. The Morgan fingerprint density at radius 3 is 3.00 bits per heavy atom. The summed E-state index contributed by atoms with van der Waals surface area (Å²) in [5.74, 6) is 0.896. The first-order valence-corrected chi connectivity index (χ1v) is 7.88. The van der Waals surface area contributed by atoms with Crippen LogP contribution < -0.4 is 15.8 Å². The van der Waals surface area contributed by atoms with E-state index in [9.17, 15) is 4.79 Å². The molecule has 0 radical (unpaired) electrons. The summed E-state index contributed by atoms with van der Waals surface area (Å²) < 4.78 is 11.0. The van der Waals surface area contributed by atoms with Crippen LogP contribution in [-0.2, 0) is 9.53 Å². The predicted molar refractivity (Wildman–Crippen MR) is 85.9 cm³/mol. The van der Waals surface area contributed by atoms with Gasteiger partial charge in [-0.1, -0.05) is 24.6 Å². The molecule has 5 heteroatoms. The Morgan fingerprint density at radius 2 is 2.32 bits per heavy atom. The minimum atomic E-state index is -0.233. The maximum Gasteiger partial charge on any atom is 0.220 e. The lowest BCUT2D eigenvalue weighted by molar-refractivity contribution is -0.122. The van der Waals surface area contributed by atoms with E-state index in [-0.39, 0.29) is 18.0 Å². The third-order valence-electron chi connectivity index (χ3n) is 3.88. The Balaban J connectivity index is 2.32. The number of nitrogens with one attached hydrogen (secondary N) is 1. The van der Waals surface area contributed by atoms with E-state index in [1.807, 2.05) is 19.9 Å². The molecule has 122 valence electrons. The molecule has 0 spiro atoms. The number of hydrogen-bond donors (Lipinski definition) is 2. The van der Waals surface area contributed by atoms with Crippen molar-refractivity contribution in [2.24, 2.45) is 5.73 Å². The second kappa shape index (κ2) is 7.61. The number of ether oxygens (including phenoxy) is 2. The summed E-state index contributed by atoms with van der Waals surface area (Å²) >= 11 is 0. The van der Waals surface area contributed by atoms with Gasteiger partial charge in [-0.15, -0.1) is 0 Å². The fourth-order valence-electron chi connectivity index (χ4n) is 2.88. The smallest absolute Gasteiger partial charge is 0.220 e. The van der Waals surface area contributed by atoms with Crippen LogP contribution in [0.5, 0.6) is 5.75 Å². The van der Waals surface area contributed by atoms with Crippen LogP contribution >= 0.6 is 0 Å². The number of carbonyl (C=O) groups excluding carboxylic acids is 1. The number of amides is 1. The predicted octanol–water partition coefficient (Wildman–Crippen LogP) is 2.38. The Labute approximate surface area is 132 Å². The number of methoxy groups -OCH3 is 1. The van der Waals surface area contributed by atoms with Crippen LogP contribution in [0.25, 0.3) is 0 Å². The van der Waals surface area contributed by atoms with Crippen molar-refractivity contribution in [2.45, 2.75) is 45.2 Å². The summed E-state index contributed by atoms with van der Waals surface area (Å²) in [4.78, 5) is 11.9. The fraction of sp³-hybridized carbons (Fsp3) is 0.588. The number of benzene rings is 1. The van der Waals surface area contributed by atoms with E-state index in [4.69, 9.17) is 15.2 Å². The second-order valence-corrected chi connectivity index (χ2v) is 5.84. The summed E-state index contributed by atoms with van der Waals surface area (Å²) in [6.07, 6.45) is 2.18. The van der Waals surface area contributed by atoms with Crippen LogP contribution in [0.15, 0.2) is 12.1 Å². The molecule has 2 unspecified atom stereocenters. The lowest BCUT2D eigenvalue weighted by Crippen LogP contribution is -2.33. The van der Waals surface area contributed by atoms with Crippen molar-refractivity contribution in [1.29, 1.82) is 0 Å². The molecule has 0 aliphatic carbocycles. The molecular weight excluding hydrogens is 280 g/mol. The van der Waals surface area contributed by atoms with Gasteiger partial charge in [0.2, 0.25) is 5.91 Å². The maximum atomic E-state index is 11.9. The number of nitrogens with two attached hydrogens (primary N) is 1. The van der Waals surface area contributed by atoms with Gasteiger partial charge in [-0.3, -0.25) is 4.79 Å². The lowest BCUT2D eigenvalue weighted by Gasteiger charge is -2.30. The monoisotopic (exact) mass is 306 g/mol. The molecule has 2 atom stereocenters. The molecule has 22 heavy (non-hydrogen) atoms. The van der Waals surface area contributed by atoms with Crippen molar-refractivity contribution in [3.8, 4) is 5.75 Å². The Bertz CT molecular complexity index is 531. The van der Waals surface area contributed by atoms with E-state index >= 15 is 0 Å². The quantitative estimate of drug-likeness (QED) is 0.846. The molecule has 0 bridgehead atoms. The van der Waals surface area contributed by atoms with Gasteiger partial charge in [-0.05, 0) is 13.3 Å². The summed E-state index contributed by atoms with van der Waals surface area (Å²) in [6, 6.07) is 3.88. The average molecular weight is 306 g/mol. The number of hydrogen-bond acceptors (Lipinski definition) is 4. The minimum absolute atomic E-state index is 0.00352. The van der Waals surface area contributed by atoms with Gasteiger partial charge in [0.25, 0.3) is 0 Å². The minimum Gasteiger partial charge on any atom is -0.493 e. The molecule has 1 heterocycles. The van der Waals surface area contributed by atoms with E-state index in [2.05, 4.69) is 11.4 Å². The number of fused-ring (bicyclic) bond motifs is 1. The first-order chi connectivity index (χ1) is 10.6. The van der Waals surface area contributed by atoms with Crippen LogP contribution in [0.4, 0.5) is 0 Å². The number of rotatable bonds is 6. The van der Waals surface area contributed by atoms with Crippen LogP contribution in [0, 0.1) is 6.92 Å². The van der Waals surface area contributed by atoms with Gasteiger partial charge < -0.3 is 20.5 Å². The number of carbonyl (C=O) groups is 1. The third kappa shape index (κ3) is 3.78. The molecule has 1 aliphatic rings. The largest absolute Gasteiger partial charge is 0.493 e. The van der Waals surface area contributed by atoms with Gasteiger partial charge in [0.15, 0.2) is 0 Å². The zero-order valence-electron chi connectivity index (χ0n) is 13.6. The van der Waals surface area contributed by atoms with Crippen molar-refractivity contribution in [3.63, 3.8) is 0 Å². The van der Waals surface area contributed by atoms with E-state index < -0.39 is 0 Å². The SMILES string of the molecule is CCCC(=O)NC1CCOc2c(C(N)COC)cc(C)cc21. The molecule has 2 rings (SSSR count). The molecule has 5 nitrogen and oxygen atoms in total. The molecule has 0 saturated carbocycles. The lowest BCUT2D eigenvalue weighted by atomic mass is 9.92. The van der Waals surface area contributed by atoms with Crippen molar-refractivity contribution >= 4 is 5.91 Å². The topological polar surface area (TPSA) is 73.6 Å². The highest BCUT2D eigenvalue weighted by molar-refractivity contribution is 5.76. The zero-order chi connectivity index (χ0) is 16.1. The molecule has 1 amide bonds. The Morgan fingerprint density at radius 1 is 1.55 bits per heavy atom. The maximum absolute atomic E-state index is 11.9. The molecule has 0 saturated heterocycles. The Kier molecular flexibility index (Phi) is 5.80. The summed E-state index contributed by atoms with van der Waals surface area (Å²) in [5.41, 5.74) is 9.29. The van der Waals surface area contributed by atoms with E-state index in [0.717, 1.165) is 35.3 Å². The van der Waals surface area contributed by atoms with Crippen LogP contribution in [0.1, 0.15) is 55.0 Å². The first kappa shape index (κ1) is 16.8. The van der Waals surface area contributed by atoms with Crippen LogP contribution in [-0.4, -0.2) is 26.2 Å². The highest BCUT2D eigenvalue weighted by atomic mass is 16.5. The number of aryl methyl sites for hydroxylation is 1. The fourth-order valence-corrected chi connectivity index (χ4v) is 2.88. The molecule has 0 fully saturated rings. The molecule has 1 aromatic rings. The summed E-state index contributed by atoms with van der Waals surface area (Å²) in [5, 5.41) is 3.11. The van der Waals surface area contributed by atoms with E-state index in [1.54, 1.807) is 7.11 Å². The van der Waals surface area contributed by atoms with Gasteiger partial charge in [0.05, 0.1) is 25.3 Å². The van der Waals surface area contributed by atoms with Crippen molar-refractivity contribution < 1.29 is 14.3 Å². The first-order valence-electron chi connectivity index (χ1n) is 7.88. The van der Waals surface area contributed by atoms with Gasteiger partial charge in [0.1, 0.15) is 5.75 Å². The van der Waals surface area contributed by atoms with Gasteiger partial charge >= 0.3 is 0 Å². The molecule has 1 aliphatic heterocycles. The third-order valence-corrected chi connectivity index (χ3v) is 3.88. The van der Waals surface area contributed by atoms with Gasteiger partial charge in [-0.2, -0.15) is 0 Å². The second-order valence-electron chi connectivity index (χ2n) is 5.84. The summed E-state index contributed by atoms with van der Waals surface area (Å²) in [7, 11) is 1.64. The molecule has 1 aromatic carbocycles. The van der Waals surface area contributed by atoms with E-state index in [0.29, 0.717) is 19.6 Å². The van der Waals surface area contributed by atoms with Crippen molar-refractivity contribution in [1.82, 2.24) is 5.32 Å². The van der Waals surface area contributed by atoms with Crippen molar-refractivity contribution in [2.75, 3.05) is 20.3 Å². The van der Waals surface area contributed by atoms with Crippen LogP contribution in [0.3, 0.4) is 0 Å². The van der Waals surface area contributed by atoms with Crippen molar-refractivity contribution in [3.05, 3.63) is 28.8 Å². The highest BCUT2D eigenvalue weighted by Crippen LogP contribution is 2.38.